The lowest BCUT2D eigenvalue weighted by atomic mass is 10.2. The quantitative estimate of drug-likeness (QED) is 0.945. The number of hydrogen-bond acceptors (Lipinski definition) is 3. The standard InChI is InChI=1S/C14H12Cl2N2O2/c1-18(8-9-2-3-11(15)5-13(9)16)14(20)10-4-12(19)7-17-6-10/h2-7,19H,8H2,1H3. The summed E-state index contributed by atoms with van der Waals surface area (Å²) in [6, 6.07) is 6.49. The molecule has 2 rings (SSSR count). The second-order valence-corrected chi connectivity index (χ2v) is 5.17. The van der Waals surface area contributed by atoms with E-state index in [2.05, 4.69) is 4.98 Å². The third kappa shape index (κ3) is 3.40. The fraction of sp³-hybridized carbons (Fsp3) is 0.143. The Labute approximate surface area is 126 Å². The lowest BCUT2D eigenvalue weighted by Gasteiger charge is -2.18. The Hall–Kier alpha value is -1.78. The average Bonchev–Trinajstić information content (AvgIpc) is 2.41. The Balaban J connectivity index is 2.15. The van der Waals surface area contributed by atoms with Gasteiger partial charge in [-0.25, -0.2) is 0 Å². The molecule has 1 heterocycles. The molecule has 0 spiro atoms. The first-order valence-corrected chi connectivity index (χ1v) is 6.56. The van der Waals surface area contributed by atoms with Crippen LogP contribution in [0.5, 0.6) is 5.75 Å². The minimum absolute atomic E-state index is 0.0474. The van der Waals surface area contributed by atoms with Gasteiger partial charge in [-0.15, -0.1) is 0 Å². The monoisotopic (exact) mass is 310 g/mol. The van der Waals surface area contributed by atoms with Gasteiger partial charge in [0, 0.05) is 29.8 Å². The van der Waals surface area contributed by atoms with Crippen LogP contribution in [-0.4, -0.2) is 27.9 Å². The summed E-state index contributed by atoms with van der Waals surface area (Å²) in [6.07, 6.45) is 2.68. The number of pyridine rings is 1. The van der Waals surface area contributed by atoms with Gasteiger partial charge in [0.1, 0.15) is 5.75 Å². The molecular formula is C14H12Cl2N2O2. The summed E-state index contributed by atoms with van der Waals surface area (Å²) in [5.74, 6) is -0.298. The van der Waals surface area contributed by atoms with Crippen LogP contribution in [0.4, 0.5) is 0 Å². The van der Waals surface area contributed by atoms with E-state index in [0.717, 1.165) is 5.56 Å². The highest BCUT2D eigenvalue weighted by Gasteiger charge is 2.14. The number of carbonyl (C=O) groups excluding carboxylic acids is 1. The molecule has 0 unspecified atom stereocenters. The van der Waals surface area contributed by atoms with Gasteiger partial charge >= 0.3 is 0 Å². The molecule has 0 aliphatic heterocycles. The van der Waals surface area contributed by atoms with Crippen LogP contribution in [0.1, 0.15) is 15.9 Å². The Morgan fingerprint density at radius 1 is 1.30 bits per heavy atom. The molecule has 2 aromatic rings. The number of nitrogens with zero attached hydrogens (tertiary/aromatic N) is 2. The molecule has 1 aromatic carbocycles. The Kier molecular flexibility index (Phi) is 4.47. The normalized spacial score (nSPS) is 10.3. The predicted octanol–water partition coefficient (Wildman–Crippen LogP) is 3.37. The van der Waals surface area contributed by atoms with Gasteiger partial charge in [0.25, 0.3) is 5.91 Å². The number of amides is 1. The van der Waals surface area contributed by atoms with Gasteiger partial charge in [-0.05, 0) is 23.8 Å². The molecule has 1 amide bonds. The maximum atomic E-state index is 12.2. The third-order valence-electron chi connectivity index (χ3n) is 2.74. The zero-order chi connectivity index (χ0) is 14.7. The van der Waals surface area contributed by atoms with Gasteiger partial charge < -0.3 is 10.0 Å². The average molecular weight is 311 g/mol. The molecule has 0 aliphatic carbocycles. The highest BCUT2D eigenvalue weighted by molar-refractivity contribution is 6.35. The van der Waals surface area contributed by atoms with E-state index >= 15 is 0 Å². The molecule has 104 valence electrons. The van der Waals surface area contributed by atoms with Crippen molar-refractivity contribution in [2.75, 3.05) is 7.05 Å². The van der Waals surface area contributed by atoms with Crippen molar-refractivity contribution in [2.24, 2.45) is 0 Å². The van der Waals surface area contributed by atoms with E-state index in [1.165, 1.54) is 23.4 Å². The van der Waals surface area contributed by atoms with E-state index in [1.54, 1.807) is 25.2 Å². The molecule has 0 saturated carbocycles. The van der Waals surface area contributed by atoms with E-state index in [9.17, 15) is 9.90 Å². The topological polar surface area (TPSA) is 53.4 Å². The number of aromatic hydroxyl groups is 1. The van der Waals surface area contributed by atoms with Crippen molar-refractivity contribution in [3.8, 4) is 5.75 Å². The zero-order valence-corrected chi connectivity index (χ0v) is 12.2. The molecule has 4 nitrogen and oxygen atoms in total. The van der Waals surface area contributed by atoms with Crippen molar-refractivity contribution in [1.82, 2.24) is 9.88 Å². The molecule has 0 radical (unpaired) electrons. The summed E-state index contributed by atoms with van der Waals surface area (Å²) >= 11 is 11.9. The van der Waals surface area contributed by atoms with Crippen LogP contribution >= 0.6 is 23.2 Å². The lowest BCUT2D eigenvalue weighted by molar-refractivity contribution is 0.0784. The summed E-state index contributed by atoms with van der Waals surface area (Å²) in [5.41, 5.74) is 1.11. The van der Waals surface area contributed by atoms with Crippen molar-refractivity contribution in [3.05, 3.63) is 57.8 Å². The Bertz CT molecular complexity index is 647. The molecular weight excluding hydrogens is 299 g/mol. The van der Waals surface area contributed by atoms with Crippen LogP contribution in [-0.2, 0) is 6.54 Å². The van der Waals surface area contributed by atoms with Crippen LogP contribution in [0.2, 0.25) is 10.0 Å². The number of aromatic nitrogens is 1. The first-order chi connectivity index (χ1) is 9.47. The first-order valence-electron chi connectivity index (χ1n) is 5.81. The highest BCUT2D eigenvalue weighted by atomic mass is 35.5. The zero-order valence-electron chi connectivity index (χ0n) is 10.7. The van der Waals surface area contributed by atoms with Gasteiger partial charge in [0.2, 0.25) is 0 Å². The lowest BCUT2D eigenvalue weighted by Crippen LogP contribution is -2.26. The third-order valence-corrected chi connectivity index (χ3v) is 3.33. The SMILES string of the molecule is CN(Cc1ccc(Cl)cc1Cl)C(=O)c1cncc(O)c1. The predicted molar refractivity (Wildman–Crippen MR) is 78.2 cm³/mol. The largest absolute Gasteiger partial charge is 0.506 e. The van der Waals surface area contributed by atoms with Crippen molar-refractivity contribution in [1.29, 1.82) is 0 Å². The molecule has 1 aromatic heterocycles. The molecule has 6 heteroatoms. The van der Waals surface area contributed by atoms with Crippen molar-refractivity contribution >= 4 is 29.1 Å². The Morgan fingerprint density at radius 2 is 2.05 bits per heavy atom. The molecule has 0 saturated heterocycles. The van der Waals surface area contributed by atoms with E-state index in [1.807, 2.05) is 0 Å². The number of carbonyl (C=O) groups is 1. The Morgan fingerprint density at radius 3 is 2.70 bits per heavy atom. The van der Waals surface area contributed by atoms with Gasteiger partial charge in [0.15, 0.2) is 0 Å². The smallest absolute Gasteiger partial charge is 0.255 e. The highest BCUT2D eigenvalue weighted by Crippen LogP contribution is 2.22. The minimum atomic E-state index is -0.251. The molecule has 0 aliphatic rings. The van der Waals surface area contributed by atoms with Crippen LogP contribution in [0, 0.1) is 0 Å². The summed E-state index contributed by atoms with van der Waals surface area (Å²) in [4.78, 5) is 17.5. The number of halogens is 2. The van der Waals surface area contributed by atoms with Crippen molar-refractivity contribution < 1.29 is 9.90 Å². The summed E-state index contributed by atoms with van der Waals surface area (Å²) < 4.78 is 0. The van der Waals surface area contributed by atoms with Crippen LogP contribution in [0.25, 0.3) is 0 Å². The van der Waals surface area contributed by atoms with E-state index in [0.29, 0.717) is 22.2 Å². The maximum Gasteiger partial charge on any atom is 0.255 e. The van der Waals surface area contributed by atoms with Gasteiger partial charge in [-0.2, -0.15) is 0 Å². The van der Waals surface area contributed by atoms with E-state index < -0.39 is 0 Å². The van der Waals surface area contributed by atoms with Crippen LogP contribution in [0.3, 0.4) is 0 Å². The molecule has 0 atom stereocenters. The molecule has 20 heavy (non-hydrogen) atoms. The van der Waals surface area contributed by atoms with E-state index in [-0.39, 0.29) is 11.7 Å². The van der Waals surface area contributed by atoms with Crippen LogP contribution in [0.15, 0.2) is 36.7 Å². The first kappa shape index (κ1) is 14.6. The maximum absolute atomic E-state index is 12.2. The van der Waals surface area contributed by atoms with Gasteiger partial charge in [-0.1, -0.05) is 29.3 Å². The second kappa shape index (κ2) is 6.11. The fourth-order valence-electron chi connectivity index (χ4n) is 1.74. The van der Waals surface area contributed by atoms with E-state index in [4.69, 9.17) is 23.2 Å². The number of hydrogen-bond donors (Lipinski definition) is 1. The van der Waals surface area contributed by atoms with Crippen LogP contribution < -0.4 is 0 Å². The minimum Gasteiger partial charge on any atom is -0.506 e. The summed E-state index contributed by atoms with van der Waals surface area (Å²) in [5, 5.41) is 10.4. The summed E-state index contributed by atoms with van der Waals surface area (Å²) in [6.45, 7) is 0.338. The van der Waals surface area contributed by atoms with Crippen molar-refractivity contribution in [3.63, 3.8) is 0 Å². The number of benzene rings is 1. The molecule has 0 fully saturated rings. The number of rotatable bonds is 3. The second-order valence-electron chi connectivity index (χ2n) is 4.33. The van der Waals surface area contributed by atoms with Gasteiger partial charge in [-0.3, -0.25) is 9.78 Å². The molecule has 0 bridgehead atoms. The fourth-order valence-corrected chi connectivity index (χ4v) is 2.21. The van der Waals surface area contributed by atoms with Crippen molar-refractivity contribution in [2.45, 2.75) is 6.54 Å². The molecule has 1 N–H and O–H groups in total. The van der Waals surface area contributed by atoms with Gasteiger partial charge in [0.05, 0.1) is 11.8 Å². The summed E-state index contributed by atoms with van der Waals surface area (Å²) in [7, 11) is 1.65.